The molecule has 11 heteroatoms. The van der Waals surface area contributed by atoms with Gasteiger partial charge in [-0.25, -0.2) is 8.42 Å². The lowest BCUT2D eigenvalue weighted by molar-refractivity contribution is -0.141. The van der Waals surface area contributed by atoms with E-state index in [4.69, 9.17) is 27.9 Å². The minimum Gasteiger partial charge on any atom is -0.494 e. The van der Waals surface area contributed by atoms with Gasteiger partial charge in [-0.15, -0.1) is 0 Å². The van der Waals surface area contributed by atoms with Crippen LogP contribution in [0.2, 0.25) is 10.0 Å². The van der Waals surface area contributed by atoms with Gasteiger partial charge >= 0.3 is 0 Å². The number of amides is 2. The number of halogens is 2. The van der Waals surface area contributed by atoms with Crippen LogP contribution in [0.4, 0.5) is 5.69 Å². The maximum Gasteiger partial charge on any atom is 0.243 e. The van der Waals surface area contributed by atoms with Crippen LogP contribution in [0.1, 0.15) is 44.7 Å². The van der Waals surface area contributed by atoms with Crippen molar-refractivity contribution in [2.75, 3.05) is 30.3 Å². The monoisotopic (exact) mass is 661 g/mol. The number of ether oxygens (including phenoxy) is 1. The van der Waals surface area contributed by atoms with Crippen LogP contribution in [0.5, 0.6) is 5.75 Å². The topological polar surface area (TPSA) is 96.0 Å². The fraction of sp³-hybridized carbons (Fsp3) is 0.394. The summed E-state index contributed by atoms with van der Waals surface area (Å²) in [6, 6.07) is 20.6. The van der Waals surface area contributed by atoms with Crippen LogP contribution in [0.3, 0.4) is 0 Å². The second-order valence-electron chi connectivity index (χ2n) is 11.0. The molecule has 0 aromatic heterocycles. The third-order valence-corrected chi connectivity index (χ3v) is 8.81. The second kappa shape index (κ2) is 16.7. The minimum absolute atomic E-state index is 0.0210. The van der Waals surface area contributed by atoms with Gasteiger partial charge < -0.3 is 15.0 Å². The summed E-state index contributed by atoms with van der Waals surface area (Å²) in [6.45, 7) is 7.04. The summed E-state index contributed by atoms with van der Waals surface area (Å²) in [7, 11) is -3.63. The van der Waals surface area contributed by atoms with Crippen LogP contribution in [0, 0.1) is 5.92 Å². The average Bonchev–Trinajstić information content (AvgIpc) is 2.98. The molecule has 3 rings (SSSR count). The molecule has 1 atom stereocenters. The van der Waals surface area contributed by atoms with Gasteiger partial charge in [-0.2, -0.15) is 0 Å². The van der Waals surface area contributed by atoms with E-state index >= 15 is 0 Å². The fourth-order valence-corrected chi connectivity index (χ4v) is 5.98. The summed E-state index contributed by atoms with van der Waals surface area (Å²) in [5.41, 5.74) is 2.10. The molecule has 0 aliphatic rings. The molecule has 2 amide bonds. The van der Waals surface area contributed by atoms with E-state index < -0.39 is 16.1 Å². The Kier molecular flexibility index (Phi) is 13.4. The van der Waals surface area contributed by atoms with E-state index in [9.17, 15) is 18.0 Å². The van der Waals surface area contributed by atoms with Gasteiger partial charge in [0, 0.05) is 32.5 Å². The smallest absolute Gasteiger partial charge is 0.243 e. The number of sulfonamides is 1. The highest BCUT2D eigenvalue weighted by molar-refractivity contribution is 7.92. The molecule has 0 spiro atoms. The van der Waals surface area contributed by atoms with Gasteiger partial charge in [0.2, 0.25) is 21.8 Å². The fourth-order valence-electron chi connectivity index (χ4n) is 4.69. The van der Waals surface area contributed by atoms with Gasteiger partial charge in [0.05, 0.1) is 28.6 Å². The highest BCUT2D eigenvalue weighted by Gasteiger charge is 2.30. The molecule has 0 heterocycles. The van der Waals surface area contributed by atoms with E-state index in [-0.39, 0.29) is 43.7 Å². The number of rotatable bonds is 16. The molecule has 0 unspecified atom stereocenters. The first-order valence-corrected chi connectivity index (χ1v) is 17.2. The normalized spacial score (nSPS) is 12.1. The van der Waals surface area contributed by atoms with Crippen molar-refractivity contribution in [2.24, 2.45) is 5.92 Å². The zero-order valence-corrected chi connectivity index (χ0v) is 28.0. The van der Waals surface area contributed by atoms with Crippen molar-refractivity contribution in [1.29, 1.82) is 0 Å². The predicted octanol–water partition coefficient (Wildman–Crippen LogP) is 6.35. The first-order chi connectivity index (χ1) is 20.9. The summed E-state index contributed by atoms with van der Waals surface area (Å²) < 4.78 is 32.2. The maximum atomic E-state index is 14.0. The molecule has 1 N–H and O–H groups in total. The van der Waals surface area contributed by atoms with Crippen molar-refractivity contribution in [3.8, 4) is 5.75 Å². The van der Waals surface area contributed by atoms with Crippen LogP contribution in [0.15, 0.2) is 72.8 Å². The Labute approximate surface area is 271 Å². The summed E-state index contributed by atoms with van der Waals surface area (Å²) >= 11 is 12.4. The van der Waals surface area contributed by atoms with Crippen LogP contribution < -0.4 is 14.4 Å². The molecular formula is C33H41Cl2N3O5S. The Bertz CT molecular complexity index is 1490. The van der Waals surface area contributed by atoms with Crippen molar-refractivity contribution in [1.82, 2.24) is 10.2 Å². The van der Waals surface area contributed by atoms with E-state index in [1.54, 1.807) is 47.4 Å². The zero-order chi connectivity index (χ0) is 32.3. The molecule has 0 bridgehead atoms. The number of anilines is 1. The SMILES string of the molecule is CCOc1ccc(N(CCCC(=O)N(Cc2ccc(Cl)c(Cl)c2)[C@@H](Cc2ccccc2)C(=O)NCC(C)C)S(C)(=O)=O)cc1. The molecule has 0 aliphatic heterocycles. The van der Waals surface area contributed by atoms with Crippen molar-refractivity contribution < 1.29 is 22.7 Å². The molecule has 3 aromatic rings. The van der Waals surface area contributed by atoms with Gasteiger partial charge in [0.15, 0.2) is 0 Å². The molecule has 44 heavy (non-hydrogen) atoms. The van der Waals surface area contributed by atoms with E-state index in [1.807, 2.05) is 51.1 Å². The van der Waals surface area contributed by atoms with E-state index in [1.165, 1.54) is 4.31 Å². The Morgan fingerprint density at radius 3 is 2.20 bits per heavy atom. The van der Waals surface area contributed by atoms with Crippen LogP contribution in [-0.2, 0) is 32.6 Å². The Morgan fingerprint density at radius 2 is 1.61 bits per heavy atom. The molecule has 0 saturated carbocycles. The van der Waals surface area contributed by atoms with Crippen LogP contribution in [-0.4, -0.2) is 57.1 Å². The lowest BCUT2D eigenvalue weighted by Gasteiger charge is -2.32. The van der Waals surface area contributed by atoms with Crippen molar-refractivity contribution >= 4 is 50.7 Å². The lowest BCUT2D eigenvalue weighted by atomic mass is 10.0. The molecule has 3 aromatic carbocycles. The van der Waals surface area contributed by atoms with Gasteiger partial charge in [-0.3, -0.25) is 13.9 Å². The number of nitrogens with zero attached hydrogens (tertiary/aromatic N) is 2. The van der Waals surface area contributed by atoms with Crippen LogP contribution >= 0.6 is 23.2 Å². The summed E-state index contributed by atoms with van der Waals surface area (Å²) in [5, 5.41) is 3.73. The number of nitrogens with one attached hydrogen (secondary N) is 1. The van der Waals surface area contributed by atoms with Crippen molar-refractivity contribution in [3.05, 3.63) is 94.0 Å². The predicted molar refractivity (Wildman–Crippen MR) is 178 cm³/mol. The van der Waals surface area contributed by atoms with E-state index in [0.717, 1.165) is 17.4 Å². The molecule has 0 aliphatic carbocycles. The first kappa shape index (κ1) is 35.2. The molecule has 0 fully saturated rings. The summed E-state index contributed by atoms with van der Waals surface area (Å²) in [4.78, 5) is 29.2. The van der Waals surface area contributed by atoms with Gasteiger partial charge in [0.25, 0.3) is 0 Å². The minimum atomic E-state index is -3.63. The van der Waals surface area contributed by atoms with Gasteiger partial charge in [-0.05, 0) is 66.8 Å². The Hall–Kier alpha value is -3.27. The molecule has 0 radical (unpaired) electrons. The average molecular weight is 663 g/mol. The summed E-state index contributed by atoms with van der Waals surface area (Å²) in [6.07, 6.45) is 1.70. The third-order valence-electron chi connectivity index (χ3n) is 6.88. The lowest BCUT2D eigenvalue weighted by Crippen LogP contribution is -2.51. The Morgan fingerprint density at radius 1 is 0.932 bits per heavy atom. The number of carbonyl (C=O) groups is 2. The highest BCUT2D eigenvalue weighted by Crippen LogP contribution is 2.26. The number of carbonyl (C=O) groups excluding carboxylic acids is 2. The van der Waals surface area contributed by atoms with Gasteiger partial charge in [0.1, 0.15) is 11.8 Å². The number of benzene rings is 3. The number of hydrogen-bond donors (Lipinski definition) is 1. The molecule has 8 nitrogen and oxygen atoms in total. The second-order valence-corrected chi connectivity index (χ2v) is 13.7. The highest BCUT2D eigenvalue weighted by atomic mass is 35.5. The molecule has 238 valence electrons. The zero-order valence-electron chi connectivity index (χ0n) is 25.6. The Balaban J connectivity index is 1.88. The van der Waals surface area contributed by atoms with E-state index in [2.05, 4.69) is 5.32 Å². The summed E-state index contributed by atoms with van der Waals surface area (Å²) in [5.74, 6) is 0.318. The first-order valence-electron chi connectivity index (χ1n) is 14.6. The maximum absolute atomic E-state index is 14.0. The van der Waals surface area contributed by atoms with Crippen LogP contribution in [0.25, 0.3) is 0 Å². The van der Waals surface area contributed by atoms with Crippen molar-refractivity contribution in [3.63, 3.8) is 0 Å². The molecular weight excluding hydrogens is 621 g/mol. The quantitative estimate of drug-likeness (QED) is 0.193. The largest absolute Gasteiger partial charge is 0.494 e. The standard InChI is InChI=1S/C33H41Cl2N3O5S/c1-5-43-28-16-14-27(15-17-28)38(44(4,41)42)19-9-12-32(39)37(23-26-13-18-29(34)30(35)20-26)31(33(40)36-22-24(2)3)21-25-10-7-6-8-11-25/h6-8,10-11,13-18,20,24,31H,5,9,12,19,21-23H2,1-4H3,(H,36,40)/t31-/m0/s1. The van der Waals surface area contributed by atoms with E-state index in [0.29, 0.717) is 41.1 Å². The van der Waals surface area contributed by atoms with Gasteiger partial charge in [-0.1, -0.05) is 73.4 Å². The van der Waals surface area contributed by atoms with Crippen molar-refractivity contribution in [2.45, 2.75) is 52.6 Å². The third kappa shape index (κ3) is 10.7. The number of hydrogen-bond acceptors (Lipinski definition) is 5. The molecule has 0 saturated heterocycles.